The van der Waals surface area contributed by atoms with Gasteiger partial charge in [0.15, 0.2) is 0 Å². The molecule has 30 heavy (non-hydrogen) atoms. The molecule has 0 radical (unpaired) electrons. The van der Waals surface area contributed by atoms with Crippen molar-refractivity contribution in [2.24, 2.45) is 0 Å². The van der Waals surface area contributed by atoms with Crippen LogP contribution in [0.1, 0.15) is 5.56 Å². The number of rotatable bonds is 6. The number of anilines is 1. The summed E-state index contributed by atoms with van der Waals surface area (Å²) in [6, 6.07) is 15.3. The van der Waals surface area contributed by atoms with Crippen molar-refractivity contribution in [2.45, 2.75) is 6.42 Å². The lowest BCUT2D eigenvalue weighted by Gasteiger charge is -2.34. The molecule has 4 rings (SSSR count). The average molecular weight is 406 g/mol. The zero-order valence-electron chi connectivity index (χ0n) is 17.1. The van der Waals surface area contributed by atoms with Gasteiger partial charge in [0.05, 0.1) is 20.1 Å². The predicted octanol–water partition coefficient (Wildman–Crippen LogP) is 2.50. The highest BCUT2D eigenvalue weighted by Gasteiger charge is 2.23. The van der Waals surface area contributed by atoms with Gasteiger partial charge >= 0.3 is 0 Å². The lowest BCUT2D eigenvalue weighted by Crippen LogP contribution is -2.50. The van der Waals surface area contributed by atoms with Gasteiger partial charge in [-0.3, -0.25) is 14.5 Å². The fourth-order valence-corrected chi connectivity index (χ4v) is 3.79. The third-order valence-electron chi connectivity index (χ3n) is 5.48. The van der Waals surface area contributed by atoms with Gasteiger partial charge in [0.2, 0.25) is 11.8 Å². The van der Waals surface area contributed by atoms with Gasteiger partial charge in [0, 0.05) is 49.0 Å². The molecule has 2 amide bonds. The second-order valence-corrected chi connectivity index (χ2v) is 7.47. The van der Waals surface area contributed by atoms with Crippen LogP contribution >= 0.6 is 0 Å². The second-order valence-electron chi connectivity index (χ2n) is 7.47. The topological polar surface area (TPSA) is 77.7 Å². The van der Waals surface area contributed by atoms with Crippen molar-refractivity contribution in [3.05, 3.63) is 60.3 Å². The monoisotopic (exact) mass is 406 g/mol. The van der Waals surface area contributed by atoms with Crippen molar-refractivity contribution < 1.29 is 14.3 Å². The molecule has 156 valence electrons. The van der Waals surface area contributed by atoms with E-state index in [9.17, 15) is 9.59 Å². The van der Waals surface area contributed by atoms with E-state index in [0.29, 0.717) is 39.1 Å². The van der Waals surface area contributed by atoms with E-state index < -0.39 is 0 Å². The smallest absolute Gasteiger partial charge is 0.238 e. The number of amides is 2. The molecule has 2 aromatic carbocycles. The lowest BCUT2D eigenvalue weighted by atomic mass is 10.1. The Hall–Kier alpha value is -3.32. The number of hydrogen-bond donors (Lipinski definition) is 2. The number of benzene rings is 2. The molecule has 1 aliphatic rings. The summed E-state index contributed by atoms with van der Waals surface area (Å²) in [4.78, 5) is 32.2. The molecule has 0 atom stereocenters. The minimum Gasteiger partial charge on any atom is -0.497 e. The number of aromatic amines is 1. The maximum Gasteiger partial charge on any atom is 0.238 e. The van der Waals surface area contributed by atoms with E-state index >= 15 is 0 Å². The number of fused-ring (bicyclic) bond motifs is 1. The molecule has 0 aliphatic carbocycles. The standard InChI is InChI=1S/C23H26N4O3/c1-30-19-8-6-18(7-9-19)25-22(28)16-26-10-12-27(13-11-26)23(29)14-17-15-24-21-5-3-2-4-20(17)21/h2-9,15,24H,10-14,16H2,1H3,(H,25,28). The normalized spacial score (nSPS) is 14.6. The summed E-state index contributed by atoms with van der Waals surface area (Å²) in [5, 5.41) is 4.00. The summed E-state index contributed by atoms with van der Waals surface area (Å²) < 4.78 is 5.12. The van der Waals surface area contributed by atoms with Gasteiger partial charge in [-0.15, -0.1) is 0 Å². The van der Waals surface area contributed by atoms with Crippen LogP contribution in [0.3, 0.4) is 0 Å². The zero-order chi connectivity index (χ0) is 20.9. The first-order valence-corrected chi connectivity index (χ1v) is 10.1. The SMILES string of the molecule is COc1ccc(NC(=O)CN2CCN(C(=O)Cc3c[nH]c4ccccc34)CC2)cc1. The van der Waals surface area contributed by atoms with Gasteiger partial charge in [0.1, 0.15) is 5.75 Å². The maximum atomic E-state index is 12.7. The molecule has 3 aromatic rings. The third-order valence-corrected chi connectivity index (χ3v) is 5.48. The van der Waals surface area contributed by atoms with Crippen LogP contribution in [-0.2, 0) is 16.0 Å². The molecule has 2 heterocycles. The van der Waals surface area contributed by atoms with Gasteiger partial charge in [-0.05, 0) is 35.9 Å². The fraction of sp³-hybridized carbons (Fsp3) is 0.304. The molecule has 7 nitrogen and oxygen atoms in total. The van der Waals surface area contributed by atoms with Crippen molar-refractivity contribution >= 4 is 28.4 Å². The number of hydrogen-bond acceptors (Lipinski definition) is 4. The second kappa shape index (κ2) is 9.00. The molecule has 1 aromatic heterocycles. The van der Waals surface area contributed by atoms with E-state index in [1.807, 2.05) is 59.6 Å². The summed E-state index contributed by atoms with van der Waals surface area (Å²) in [5.41, 5.74) is 2.82. The molecule has 0 bridgehead atoms. The van der Waals surface area contributed by atoms with Gasteiger partial charge in [-0.2, -0.15) is 0 Å². The van der Waals surface area contributed by atoms with Crippen LogP contribution in [0, 0.1) is 0 Å². The maximum absolute atomic E-state index is 12.7. The first-order valence-electron chi connectivity index (χ1n) is 10.1. The van der Waals surface area contributed by atoms with Crippen LogP contribution in [0.25, 0.3) is 10.9 Å². The van der Waals surface area contributed by atoms with E-state index in [1.165, 1.54) is 0 Å². The Morgan fingerprint density at radius 1 is 1.03 bits per heavy atom. The molecule has 0 saturated carbocycles. The van der Waals surface area contributed by atoms with Crippen LogP contribution < -0.4 is 10.1 Å². The van der Waals surface area contributed by atoms with E-state index in [2.05, 4.69) is 15.2 Å². The first-order chi connectivity index (χ1) is 14.6. The molecular weight excluding hydrogens is 380 g/mol. The zero-order valence-corrected chi connectivity index (χ0v) is 17.1. The van der Waals surface area contributed by atoms with E-state index in [0.717, 1.165) is 27.9 Å². The van der Waals surface area contributed by atoms with Crippen molar-refractivity contribution in [1.82, 2.24) is 14.8 Å². The van der Waals surface area contributed by atoms with Crippen molar-refractivity contribution in [2.75, 3.05) is 45.2 Å². The molecule has 0 spiro atoms. The van der Waals surface area contributed by atoms with Crippen LogP contribution in [0.5, 0.6) is 5.75 Å². The van der Waals surface area contributed by atoms with Gasteiger partial charge in [-0.25, -0.2) is 0 Å². The Labute approximate surface area is 175 Å². The highest BCUT2D eigenvalue weighted by Crippen LogP contribution is 2.19. The number of aromatic nitrogens is 1. The third kappa shape index (κ3) is 4.63. The highest BCUT2D eigenvalue weighted by atomic mass is 16.5. The quantitative estimate of drug-likeness (QED) is 0.659. The molecule has 1 aliphatic heterocycles. The molecule has 1 saturated heterocycles. The molecule has 0 unspecified atom stereocenters. The Balaban J connectivity index is 1.25. The summed E-state index contributed by atoms with van der Waals surface area (Å²) in [6.07, 6.45) is 2.31. The summed E-state index contributed by atoms with van der Waals surface area (Å²) in [6.45, 7) is 2.97. The van der Waals surface area contributed by atoms with Crippen molar-refractivity contribution in [3.8, 4) is 5.75 Å². The minimum atomic E-state index is -0.0567. The average Bonchev–Trinajstić information content (AvgIpc) is 3.17. The number of piperazine rings is 1. The van der Waals surface area contributed by atoms with Crippen LogP contribution in [-0.4, -0.2) is 66.4 Å². The first kappa shape index (κ1) is 20.0. The number of para-hydroxylation sites is 1. The molecule has 1 fully saturated rings. The Kier molecular flexibility index (Phi) is 5.99. The number of carbonyl (C=O) groups is 2. The van der Waals surface area contributed by atoms with Gasteiger partial charge in [-0.1, -0.05) is 18.2 Å². The van der Waals surface area contributed by atoms with Crippen molar-refractivity contribution in [3.63, 3.8) is 0 Å². The fourth-order valence-electron chi connectivity index (χ4n) is 3.79. The predicted molar refractivity (Wildman–Crippen MR) is 117 cm³/mol. The number of nitrogens with one attached hydrogen (secondary N) is 2. The van der Waals surface area contributed by atoms with Crippen molar-refractivity contribution in [1.29, 1.82) is 0 Å². The number of nitrogens with zero attached hydrogens (tertiary/aromatic N) is 2. The Morgan fingerprint density at radius 2 is 1.77 bits per heavy atom. The lowest BCUT2D eigenvalue weighted by molar-refractivity contribution is -0.132. The molecular formula is C23H26N4O3. The summed E-state index contributed by atoms with van der Waals surface area (Å²) in [5.74, 6) is 0.822. The van der Waals surface area contributed by atoms with E-state index in [-0.39, 0.29) is 11.8 Å². The Bertz CT molecular complexity index is 1020. The van der Waals surface area contributed by atoms with E-state index in [4.69, 9.17) is 4.74 Å². The number of methoxy groups -OCH3 is 1. The molecule has 2 N–H and O–H groups in total. The van der Waals surface area contributed by atoms with E-state index in [1.54, 1.807) is 7.11 Å². The minimum absolute atomic E-state index is 0.0567. The van der Waals surface area contributed by atoms with Gasteiger partial charge in [0.25, 0.3) is 0 Å². The highest BCUT2D eigenvalue weighted by molar-refractivity contribution is 5.92. The van der Waals surface area contributed by atoms with Crippen LogP contribution in [0.2, 0.25) is 0 Å². The Morgan fingerprint density at radius 3 is 2.50 bits per heavy atom. The van der Waals surface area contributed by atoms with Crippen LogP contribution in [0.15, 0.2) is 54.7 Å². The summed E-state index contributed by atoms with van der Waals surface area (Å²) >= 11 is 0. The molecule has 7 heteroatoms. The van der Waals surface area contributed by atoms with Gasteiger partial charge < -0.3 is 19.9 Å². The van der Waals surface area contributed by atoms with Crippen LogP contribution in [0.4, 0.5) is 5.69 Å². The number of H-pyrrole nitrogens is 1. The number of carbonyl (C=O) groups excluding carboxylic acids is 2. The number of ether oxygens (including phenoxy) is 1. The largest absolute Gasteiger partial charge is 0.497 e. The summed E-state index contributed by atoms with van der Waals surface area (Å²) in [7, 11) is 1.61.